The van der Waals surface area contributed by atoms with Gasteiger partial charge in [-0.1, -0.05) is 6.07 Å². The molecule has 7 nitrogen and oxygen atoms in total. The number of fused-ring (bicyclic) bond motifs is 2. The number of benzene rings is 1. The van der Waals surface area contributed by atoms with E-state index in [1.807, 2.05) is 12.1 Å². The third-order valence-electron chi connectivity index (χ3n) is 5.11. The van der Waals surface area contributed by atoms with Crippen LogP contribution in [0.2, 0.25) is 0 Å². The summed E-state index contributed by atoms with van der Waals surface area (Å²) in [6.45, 7) is 3.15. The highest BCUT2D eigenvalue weighted by atomic mass is 16.7. The lowest BCUT2D eigenvalue weighted by molar-refractivity contribution is -0.132. The molecule has 0 spiro atoms. The molecule has 25 heavy (non-hydrogen) atoms. The van der Waals surface area contributed by atoms with Crippen molar-refractivity contribution >= 4 is 5.91 Å². The van der Waals surface area contributed by atoms with Gasteiger partial charge in [-0.25, -0.2) is 0 Å². The van der Waals surface area contributed by atoms with Gasteiger partial charge in [-0.15, -0.1) is 0 Å². The van der Waals surface area contributed by atoms with Gasteiger partial charge in [-0.05, 0) is 24.1 Å². The molecule has 4 rings (SSSR count). The number of rotatable bonds is 6. The Kier molecular flexibility index (Phi) is 4.78. The normalized spacial score (nSPS) is 27.5. The van der Waals surface area contributed by atoms with Gasteiger partial charge in [-0.3, -0.25) is 9.69 Å². The average molecular weight is 348 g/mol. The summed E-state index contributed by atoms with van der Waals surface area (Å²) in [5.41, 5.74) is 1.19. The van der Waals surface area contributed by atoms with E-state index in [1.54, 1.807) is 7.11 Å². The predicted molar refractivity (Wildman–Crippen MR) is 89.5 cm³/mol. The number of likely N-dealkylation sites (tertiary alicyclic amines) is 1. The minimum absolute atomic E-state index is 0.0329. The van der Waals surface area contributed by atoms with Gasteiger partial charge in [-0.2, -0.15) is 0 Å². The molecule has 2 saturated heterocycles. The number of amides is 1. The molecule has 3 aliphatic rings. The predicted octanol–water partition coefficient (Wildman–Crippen LogP) is 0.910. The number of methoxy groups -OCH3 is 1. The Labute approximate surface area is 147 Å². The molecule has 0 unspecified atom stereocenters. The summed E-state index contributed by atoms with van der Waals surface area (Å²) in [5.74, 6) is 1.58. The van der Waals surface area contributed by atoms with Crippen LogP contribution in [0.4, 0.5) is 0 Å². The first kappa shape index (κ1) is 16.6. The van der Waals surface area contributed by atoms with Gasteiger partial charge >= 0.3 is 0 Å². The summed E-state index contributed by atoms with van der Waals surface area (Å²) < 4.78 is 21.8. The zero-order valence-electron chi connectivity index (χ0n) is 14.4. The van der Waals surface area contributed by atoms with Crippen LogP contribution in [0.3, 0.4) is 0 Å². The van der Waals surface area contributed by atoms with Gasteiger partial charge in [0, 0.05) is 39.2 Å². The van der Waals surface area contributed by atoms with Crippen LogP contribution in [0.1, 0.15) is 18.4 Å². The van der Waals surface area contributed by atoms with E-state index in [0.29, 0.717) is 26.0 Å². The molecule has 0 aromatic heterocycles. The molecule has 7 heteroatoms. The highest BCUT2D eigenvalue weighted by Gasteiger charge is 2.45. The highest BCUT2D eigenvalue weighted by molar-refractivity contribution is 5.81. The van der Waals surface area contributed by atoms with Crippen LogP contribution in [0, 0.1) is 0 Å². The molecule has 136 valence electrons. The number of hydrogen-bond donors (Lipinski definition) is 1. The first-order valence-corrected chi connectivity index (χ1v) is 8.79. The van der Waals surface area contributed by atoms with Crippen molar-refractivity contribution in [3.63, 3.8) is 0 Å². The van der Waals surface area contributed by atoms with Gasteiger partial charge in [0.05, 0.1) is 12.7 Å². The third-order valence-corrected chi connectivity index (χ3v) is 5.11. The zero-order chi connectivity index (χ0) is 17.2. The maximum atomic E-state index is 12.2. The first-order chi connectivity index (χ1) is 12.2. The Morgan fingerprint density at radius 3 is 3.12 bits per heavy atom. The van der Waals surface area contributed by atoms with Crippen molar-refractivity contribution in [2.24, 2.45) is 0 Å². The van der Waals surface area contributed by atoms with Crippen LogP contribution < -0.4 is 14.8 Å². The molecule has 0 radical (unpaired) electrons. The standard InChI is InChI=1S/C18H24N2O5/c1-22-7-5-19-18(21)17-9-13-14(25-17)4-6-20(13)10-12-2-3-15-16(8-12)24-11-23-15/h2-3,8,13-14,17H,4-7,9-11H2,1H3,(H,19,21)/t13-,14-,17+/m0/s1. The molecule has 1 N–H and O–H groups in total. The monoisotopic (exact) mass is 348 g/mol. The fraction of sp³-hybridized carbons (Fsp3) is 0.611. The topological polar surface area (TPSA) is 69.3 Å². The van der Waals surface area contributed by atoms with Crippen molar-refractivity contribution in [3.8, 4) is 11.5 Å². The van der Waals surface area contributed by atoms with Crippen molar-refractivity contribution < 1.29 is 23.7 Å². The molecule has 0 bridgehead atoms. The quantitative estimate of drug-likeness (QED) is 0.771. The number of hydrogen-bond acceptors (Lipinski definition) is 6. The Bertz CT molecular complexity index is 638. The molecule has 3 aliphatic heterocycles. The van der Waals surface area contributed by atoms with E-state index in [4.69, 9.17) is 18.9 Å². The number of nitrogens with one attached hydrogen (secondary N) is 1. The summed E-state index contributed by atoms with van der Waals surface area (Å²) in [4.78, 5) is 14.6. The van der Waals surface area contributed by atoms with E-state index in [1.165, 1.54) is 5.56 Å². The van der Waals surface area contributed by atoms with E-state index >= 15 is 0 Å². The van der Waals surface area contributed by atoms with E-state index in [0.717, 1.165) is 37.4 Å². The molecular weight excluding hydrogens is 324 g/mol. The van der Waals surface area contributed by atoms with Crippen LogP contribution in [-0.2, 0) is 20.8 Å². The van der Waals surface area contributed by atoms with Crippen LogP contribution in [-0.4, -0.2) is 62.7 Å². The largest absolute Gasteiger partial charge is 0.454 e. The molecule has 2 fully saturated rings. The van der Waals surface area contributed by atoms with E-state index < -0.39 is 0 Å². The minimum atomic E-state index is -0.355. The summed E-state index contributed by atoms with van der Waals surface area (Å²) in [6.07, 6.45) is 1.50. The second-order valence-electron chi connectivity index (χ2n) is 6.70. The number of nitrogens with zero attached hydrogens (tertiary/aromatic N) is 1. The first-order valence-electron chi connectivity index (χ1n) is 8.79. The Morgan fingerprint density at radius 2 is 2.24 bits per heavy atom. The molecule has 3 atom stereocenters. The molecule has 0 saturated carbocycles. The lowest BCUT2D eigenvalue weighted by Gasteiger charge is -2.22. The second kappa shape index (κ2) is 7.19. The lowest BCUT2D eigenvalue weighted by atomic mass is 10.1. The van der Waals surface area contributed by atoms with Crippen molar-refractivity contribution in [2.75, 3.05) is 33.6 Å². The van der Waals surface area contributed by atoms with Crippen molar-refractivity contribution in [1.29, 1.82) is 0 Å². The molecule has 1 aromatic rings. The van der Waals surface area contributed by atoms with Gasteiger partial charge in [0.2, 0.25) is 12.7 Å². The Hall–Kier alpha value is -1.83. The van der Waals surface area contributed by atoms with Crippen LogP contribution in [0.25, 0.3) is 0 Å². The van der Waals surface area contributed by atoms with Crippen LogP contribution in [0.5, 0.6) is 11.5 Å². The fourth-order valence-electron chi connectivity index (χ4n) is 3.86. The Balaban J connectivity index is 1.35. The summed E-state index contributed by atoms with van der Waals surface area (Å²) in [5, 5.41) is 2.87. The van der Waals surface area contributed by atoms with Crippen LogP contribution in [0.15, 0.2) is 18.2 Å². The van der Waals surface area contributed by atoms with Gasteiger partial charge in [0.1, 0.15) is 6.10 Å². The van der Waals surface area contributed by atoms with E-state index in [-0.39, 0.29) is 18.1 Å². The van der Waals surface area contributed by atoms with Gasteiger partial charge in [0.25, 0.3) is 0 Å². The minimum Gasteiger partial charge on any atom is -0.454 e. The van der Waals surface area contributed by atoms with Gasteiger partial charge < -0.3 is 24.3 Å². The van der Waals surface area contributed by atoms with Crippen molar-refractivity contribution in [1.82, 2.24) is 10.2 Å². The third kappa shape index (κ3) is 3.44. The smallest absolute Gasteiger partial charge is 0.249 e. The SMILES string of the molecule is COCCNC(=O)[C@H]1C[C@H]2[C@H](CCN2Cc2ccc3c(c2)OCO3)O1. The number of carbonyl (C=O) groups excluding carboxylic acids is 1. The van der Waals surface area contributed by atoms with E-state index in [2.05, 4.69) is 16.3 Å². The fourth-order valence-corrected chi connectivity index (χ4v) is 3.86. The molecule has 1 amide bonds. The summed E-state index contributed by atoms with van der Waals surface area (Å²) >= 11 is 0. The van der Waals surface area contributed by atoms with Crippen LogP contribution >= 0.6 is 0 Å². The molecule has 3 heterocycles. The highest BCUT2D eigenvalue weighted by Crippen LogP contribution is 2.36. The molecule has 0 aliphatic carbocycles. The van der Waals surface area contributed by atoms with Gasteiger partial charge in [0.15, 0.2) is 11.5 Å². The second-order valence-corrected chi connectivity index (χ2v) is 6.70. The zero-order valence-corrected chi connectivity index (χ0v) is 14.4. The number of ether oxygens (including phenoxy) is 4. The average Bonchev–Trinajstić information content (AvgIpc) is 3.31. The molecule has 1 aromatic carbocycles. The van der Waals surface area contributed by atoms with Crippen molar-refractivity contribution in [3.05, 3.63) is 23.8 Å². The number of carbonyl (C=O) groups is 1. The summed E-state index contributed by atoms with van der Waals surface area (Å²) in [6, 6.07) is 6.37. The maximum Gasteiger partial charge on any atom is 0.249 e. The van der Waals surface area contributed by atoms with E-state index in [9.17, 15) is 4.79 Å². The van der Waals surface area contributed by atoms with Crippen molar-refractivity contribution in [2.45, 2.75) is 37.6 Å². The lowest BCUT2D eigenvalue weighted by Crippen LogP contribution is -2.37. The molecular formula is C18H24N2O5. The summed E-state index contributed by atoms with van der Waals surface area (Å²) in [7, 11) is 1.62. The maximum absolute atomic E-state index is 12.2. The Morgan fingerprint density at radius 1 is 1.36 bits per heavy atom.